The third-order valence-electron chi connectivity index (χ3n) is 14.5. The van der Waals surface area contributed by atoms with Crippen molar-refractivity contribution in [1.29, 1.82) is 0 Å². The maximum atomic E-state index is 6.61. The largest absolute Gasteiger partial charge is 4.00 e. The molecule has 0 aliphatic carbocycles. The molecule has 0 spiro atoms. The van der Waals surface area contributed by atoms with E-state index in [0.717, 1.165) is 112 Å². The first-order valence-electron chi connectivity index (χ1n) is 24.1. The van der Waals surface area contributed by atoms with Crippen molar-refractivity contribution in [2.75, 3.05) is 0 Å². The van der Waals surface area contributed by atoms with Crippen molar-refractivity contribution >= 4 is 69.7 Å². The first kappa shape index (κ1) is 47.9. The summed E-state index contributed by atoms with van der Waals surface area (Å²) in [6.45, 7) is 3.91. The van der Waals surface area contributed by atoms with Crippen LogP contribution in [0, 0.1) is 63.1 Å². The van der Waals surface area contributed by atoms with Gasteiger partial charge in [0.2, 0.25) is 26.1 Å². The maximum Gasteiger partial charge on any atom is 4.00 e. The molecule has 0 amide bonds. The molecule has 7 nitrogen and oxygen atoms in total. The molecule has 0 fully saturated rings. The third-order valence-corrected chi connectivity index (χ3v) is 16.8. The van der Waals surface area contributed by atoms with E-state index in [4.69, 9.17) is 13.9 Å². The normalized spacial score (nSPS) is 12.9. The Hall–Kier alpha value is -6.73. The van der Waals surface area contributed by atoms with Crippen molar-refractivity contribution in [2.24, 2.45) is 14.1 Å². The fourth-order valence-corrected chi connectivity index (χ4v) is 13.6. The van der Waals surface area contributed by atoms with E-state index in [0.29, 0.717) is 11.3 Å². The van der Waals surface area contributed by atoms with Gasteiger partial charge in [0.25, 0.3) is 0 Å². The van der Waals surface area contributed by atoms with E-state index in [9.17, 15) is 0 Å². The second kappa shape index (κ2) is 18.5. The quantitative estimate of drug-likeness (QED) is 0.0953. The number of fused-ring (bicyclic) bond motifs is 8. The van der Waals surface area contributed by atoms with Crippen LogP contribution in [0.25, 0.3) is 56.3 Å². The van der Waals surface area contributed by atoms with Crippen molar-refractivity contribution in [3.05, 3.63) is 206 Å². The molecule has 15 rings (SSSR count). The number of aryl methyl sites for hydroxylation is 2. The van der Waals surface area contributed by atoms with E-state index in [1.807, 2.05) is 78.0 Å². The summed E-state index contributed by atoms with van der Waals surface area (Å²) in [5.41, 5.74) is 16.9. The van der Waals surface area contributed by atoms with Crippen molar-refractivity contribution in [1.82, 2.24) is 9.13 Å². The average molecular weight is 1360 g/mol. The average Bonchev–Trinajstić information content (AvgIpc) is 4.16. The molecular weight excluding hydrogens is 1320 g/mol. The van der Waals surface area contributed by atoms with Gasteiger partial charge in [0, 0.05) is 28.3 Å². The summed E-state index contributed by atoms with van der Waals surface area (Å²) in [6.07, 6.45) is 10.3. The van der Waals surface area contributed by atoms with Gasteiger partial charge < -0.3 is 49.4 Å². The molecule has 13 heteroatoms. The monoisotopic (exact) mass is 1360 g/mol. The fraction of sp³-hybridized carbons (Fsp3) is 0.0645. The van der Waals surface area contributed by atoms with Crippen molar-refractivity contribution < 1.29 is 65.2 Å². The van der Waals surface area contributed by atoms with Crippen LogP contribution in [-0.2, 0) is 56.2 Å². The minimum atomic E-state index is -0.274. The molecule has 4 aliphatic rings. The van der Waals surface area contributed by atoms with E-state index >= 15 is 0 Å². The Balaban J connectivity index is 0.00000270. The molecule has 8 aromatic carbocycles. The van der Waals surface area contributed by atoms with Gasteiger partial charge in [-0.2, -0.15) is 47.6 Å². The number of furan rings is 1. The molecule has 11 aromatic rings. The van der Waals surface area contributed by atoms with Gasteiger partial charge in [0.1, 0.15) is 11.5 Å². The van der Waals surface area contributed by atoms with Crippen LogP contribution in [0.2, 0.25) is 0 Å². The van der Waals surface area contributed by atoms with E-state index in [-0.39, 0.29) is 55.6 Å². The summed E-state index contributed by atoms with van der Waals surface area (Å²) in [6, 6.07) is 69.2. The van der Waals surface area contributed by atoms with Crippen LogP contribution in [0.1, 0.15) is 11.4 Å². The molecule has 7 heterocycles. The van der Waals surface area contributed by atoms with Crippen LogP contribution in [0.15, 0.2) is 170 Å². The minimum absolute atomic E-state index is 0. The van der Waals surface area contributed by atoms with Gasteiger partial charge in [-0.15, -0.1) is 75.2 Å². The van der Waals surface area contributed by atoms with Crippen LogP contribution in [0.5, 0.6) is 23.0 Å². The van der Waals surface area contributed by atoms with Crippen LogP contribution >= 0.6 is 23.5 Å². The number of ether oxygens (including phenoxy) is 2. The number of benzene rings is 8. The van der Waals surface area contributed by atoms with Gasteiger partial charge in [-0.25, -0.2) is 12.1 Å². The van der Waals surface area contributed by atoms with Crippen LogP contribution in [0.3, 0.4) is 0 Å². The zero-order valence-corrected chi connectivity index (χ0v) is 46.7. The second-order valence-electron chi connectivity index (χ2n) is 18.8. The van der Waals surface area contributed by atoms with Crippen LogP contribution in [0.4, 0.5) is 0 Å². The Bertz CT molecular complexity index is 3850. The molecule has 0 N–H and O–H groups in total. The minimum Gasteiger partial charge on any atom is -0.631 e. The SMILES string of the molecule is Cc1c(-c2ccccc2)[n+](C)[c-]n1-c1[c-]c2c(cc1)Oc1cccc3c1B2c1[c-]c(-c2[c-]oc(-c4[c-]c5c(cc4)Sc4cccc6c4B5c4[c-]c(-n5[c-][n+](C)c(-c7ccccc7)c5C)ccc4S6)[c-]2)ccc1O3.[Pt+4].[Pt+4]. The van der Waals surface area contributed by atoms with E-state index < -0.39 is 0 Å². The predicted molar refractivity (Wildman–Crippen MR) is 285 cm³/mol. The first-order valence-corrected chi connectivity index (χ1v) is 25.7. The molecule has 0 saturated heterocycles. The van der Waals surface area contributed by atoms with E-state index in [2.05, 4.69) is 175 Å². The fourth-order valence-electron chi connectivity index (χ4n) is 11.3. The molecule has 358 valence electrons. The molecule has 0 unspecified atom stereocenters. The number of imidazole rings is 2. The summed E-state index contributed by atoms with van der Waals surface area (Å²) < 4.78 is 27.8. The molecule has 0 radical (unpaired) electrons. The van der Waals surface area contributed by atoms with Crippen LogP contribution in [-0.4, -0.2) is 22.6 Å². The Morgan fingerprint density at radius 3 is 1.57 bits per heavy atom. The Morgan fingerprint density at radius 1 is 0.453 bits per heavy atom. The summed E-state index contributed by atoms with van der Waals surface area (Å²) in [5, 5.41) is 0. The van der Waals surface area contributed by atoms with Gasteiger partial charge in [0.05, 0.1) is 25.5 Å². The first-order chi connectivity index (χ1) is 35.8. The van der Waals surface area contributed by atoms with Gasteiger partial charge in [-0.3, -0.25) is 0 Å². The maximum absolute atomic E-state index is 6.61. The summed E-state index contributed by atoms with van der Waals surface area (Å²) >= 11 is 3.60. The Kier molecular flexibility index (Phi) is 11.8. The summed E-state index contributed by atoms with van der Waals surface area (Å²) in [7, 11) is 4.08. The zero-order valence-electron chi connectivity index (χ0n) is 40.5. The Labute approximate surface area is 473 Å². The second-order valence-corrected chi connectivity index (χ2v) is 20.9. The molecule has 3 aromatic heterocycles. The van der Waals surface area contributed by atoms with Gasteiger partial charge >= 0.3 is 42.1 Å². The van der Waals surface area contributed by atoms with Crippen molar-refractivity contribution in [3.8, 4) is 79.3 Å². The van der Waals surface area contributed by atoms with Crippen molar-refractivity contribution in [2.45, 2.75) is 33.4 Å². The molecule has 0 bridgehead atoms. The van der Waals surface area contributed by atoms with Crippen molar-refractivity contribution in [3.63, 3.8) is 0 Å². The standard InChI is InChI=1S/C62H36B2N4O3S2.2Pt/c1-37-61(39-13-7-5-8-14-39)65(3)35-67(37)44-23-26-51-47(32-44)63-46-29-41(21-25-50(46)70-52-17-11-18-53(71-51)59(52)63)43-31-54(69-34-43)42-22-27-55-48(30-42)64-49-33-45(24-28-56(49)73-58-20-12-19-57(72-55)60(58)64)68-36-66(4)62(38(68)2)40-15-9-6-10-16-40;;/h5-28H,1-4H3;;/q-6;2*+4. The topological polar surface area (TPSA) is 49.2 Å². The predicted octanol–water partition coefficient (Wildman–Crippen LogP) is 8.36. The Morgan fingerprint density at radius 2 is 0.947 bits per heavy atom. The molecule has 0 atom stereocenters. The molecule has 4 aliphatic heterocycles. The summed E-state index contributed by atoms with van der Waals surface area (Å²) in [4.78, 5) is 4.84. The number of hydrogen-bond acceptors (Lipinski definition) is 5. The van der Waals surface area contributed by atoms with Gasteiger partial charge in [0.15, 0.2) is 0 Å². The van der Waals surface area contributed by atoms with Gasteiger partial charge in [-0.05, 0) is 64.5 Å². The molecule has 0 saturated carbocycles. The number of hydrogen-bond donors (Lipinski definition) is 0. The van der Waals surface area contributed by atoms with E-state index in [1.54, 1.807) is 11.8 Å². The number of rotatable bonds is 6. The van der Waals surface area contributed by atoms with E-state index in [1.165, 1.54) is 20.1 Å². The smallest absolute Gasteiger partial charge is 0.631 e. The third kappa shape index (κ3) is 7.59. The number of nitrogens with zero attached hydrogens (tertiary/aromatic N) is 4. The van der Waals surface area contributed by atoms with Gasteiger partial charge in [-0.1, -0.05) is 94.8 Å². The number of aromatic nitrogens is 4. The molecular formula is C62H36B2N4O3Pt2S2+2. The summed E-state index contributed by atoms with van der Waals surface area (Å²) in [5.74, 6) is 3.50. The van der Waals surface area contributed by atoms with Crippen LogP contribution < -0.4 is 51.4 Å². The molecule has 75 heavy (non-hydrogen) atoms. The zero-order chi connectivity index (χ0) is 48.6.